The average molecular weight is 292 g/mol. The number of rotatable bonds is 1. The summed E-state index contributed by atoms with van der Waals surface area (Å²) in [6, 6.07) is 4.43. The summed E-state index contributed by atoms with van der Waals surface area (Å²) in [5.41, 5.74) is 5.23. The fraction of sp³-hybridized carbons (Fsp3) is 0.0909. The summed E-state index contributed by atoms with van der Waals surface area (Å²) < 4.78 is 50.8. The number of anilines is 1. The minimum absolute atomic E-state index is 0.0424. The van der Waals surface area contributed by atoms with E-state index in [0.29, 0.717) is 0 Å². The van der Waals surface area contributed by atoms with Crippen molar-refractivity contribution < 1.29 is 17.6 Å². The van der Waals surface area contributed by atoms with Crippen molar-refractivity contribution >= 4 is 17.4 Å². The topological polar surface area (TPSA) is 51.8 Å². The van der Waals surface area contributed by atoms with Crippen molar-refractivity contribution in [1.29, 1.82) is 0 Å². The zero-order chi connectivity index (χ0) is 14.2. The van der Waals surface area contributed by atoms with Gasteiger partial charge in [0.25, 0.3) is 0 Å². The van der Waals surface area contributed by atoms with Crippen molar-refractivity contribution in [3.05, 3.63) is 40.9 Å². The monoisotopic (exact) mass is 291 g/mol. The molecule has 0 saturated carbocycles. The molecule has 0 atom stereocenters. The van der Waals surface area contributed by atoms with E-state index in [-0.39, 0.29) is 22.1 Å². The molecule has 0 saturated heterocycles. The molecule has 100 valence electrons. The number of aromatic nitrogens is 2. The Bertz CT molecular complexity index is 608. The Morgan fingerprint density at radius 3 is 2.32 bits per heavy atom. The van der Waals surface area contributed by atoms with Gasteiger partial charge in [-0.25, -0.2) is 14.4 Å². The SMILES string of the molecule is Nc1cc(-c2cc(F)cc(Cl)c2)nc(C(F)(F)F)n1. The van der Waals surface area contributed by atoms with E-state index < -0.39 is 17.8 Å². The summed E-state index contributed by atoms with van der Waals surface area (Å²) in [5.74, 6) is -2.44. The van der Waals surface area contributed by atoms with Crippen LogP contribution in [0.2, 0.25) is 5.02 Å². The zero-order valence-electron chi connectivity index (χ0n) is 9.17. The van der Waals surface area contributed by atoms with Crippen LogP contribution >= 0.6 is 11.6 Å². The third-order valence-electron chi connectivity index (χ3n) is 2.16. The smallest absolute Gasteiger partial charge is 0.384 e. The zero-order valence-corrected chi connectivity index (χ0v) is 9.93. The lowest BCUT2D eigenvalue weighted by Crippen LogP contribution is -2.13. The number of nitrogens with two attached hydrogens (primary N) is 1. The van der Waals surface area contributed by atoms with Gasteiger partial charge in [0.2, 0.25) is 5.82 Å². The maximum absolute atomic E-state index is 13.2. The van der Waals surface area contributed by atoms with Gasteiger partial charge in [-0.15, -0.1) is 0 Å². The second-order valence-electron chi connectivity index (χ2n) is 3.66. The van der Waals surface area contributed by atoms with Gasteiger partial charge in [-0.1, -0.05) is 11.6 Å². The van der Waals surface area contributed by atoms with E-state index in [1.807, 2.05) is 0 Å². The second-order valence-corrected chi connectivity index (χ2v) is 4.09. The molecule has 1 aromatic carbocycles. The Morgan fingerprint density at radius 1 is 1.05 bits per heavy atom. The molecule has 0 radical (unpaired) electrons. The number of benzene rings is 1. The van der Waals surface area contributed by atoms with E-state index in [0.717, 1.165) is 18.2 Å². The Morgan fingerprint density at radius 2 is 1.74 bits per heavy atom. The first kappa shape index (κ1) is 13.5. The van der Waals surface area contributed by atoms with Crippen LogP contribution in [-0.2, 0) is 6.18 Å². The molecule has 0 spiro atoms. The standard InChI is InChI=1S/C11H6ClF4N3/c12-6-1-5(2-7(13)3-6)8-4-9(17)19-10(18-8)11(14,15)16/h1-4H,(H2,17,18,19). The van der Waals surface area contributed by atoms with E-state index >= 15 is 0 Å². The maximum Gasteiger partial charge on any atom is 0.451 e. The molecule has 0 amide bonds. The Hall–Kier alpha value is -1.89. The van der Waals surface area contributed by atoms with Crippen LogP contribution < -0.4 is 5.73 Å². The summed E-state index contributed by atoms with van der Waals surface area (Å²) in [4.78, 5) is 6.41. The molecule has 2 aromatic rings. The molecule has 1 aromatic heterocycles. The molecular formula is C11H6ClF4N3. The molecule has 0 bridgehead atoms. The fourth-order valence-electron chi connectivity index (χ4n) is 1.44. The lowest BCUT2D eigenvalue weighted by Gasteiger charge is -2.08. The lowest BCUT2D eigenvalue weighted by molar-refractivity contribution is -0.144. The predicted molar refractivity (Wildman–Crippen MR) is 61.9 cm³/mol. The van der Waals surface area contributed by atoms with Crippen LogP contribution in [0.3, 0.4) is 0 Å². The van der Waals surface area contributed by atoms with Gasteiger partial charge in [0.05, 0.1) is 5.69 Å². The molecule has 1 heterocycles. The molecule has 2 N–H and O–H groups in total. The minimum Gasteiger partial charge on any atom is -0.384 e. The lowest BCUT2D eigenvalue weighted by atomic mass is 10.1. The van der Waals surface area contributed by atoms with Gasteiger partial charge in [-0.05, 0) is 18.2 Å². The van der Waals surface area contributed by atoms with Gasteiger partial charge in [-0.2, -0.15) is 13.2 Å². The summed E-state index contributed by atoms with van der Waals surface area (Å²) in [6.45, 7) is 0. The number of nitrogen functional groups attached to an aromatic ring is 1. The van der Waals surface area contributed by atoms with E-state index in [2.05, 4.69) is 9.97 Å². The van der Waals surface area contributed by atoms with Crippen molar-refractivity contribution in [2.24, 2.45) is 0 Å². The molecule has 8 heteroatoms. The van der Waals surface area contributed by atoms with Crippen molar-refractivity contribution in [2.75, 3.05) is 5.73 Å². The number of alkyl halides is 3. The number of nitrogens with zero attached hydrogens (tertiary/aromatic N) is 2. The predicted octanol–water partition coefficient (Wildman–Crippen LogP) is 3.54. The van der Waals surface area contributed by atoms with Crippen molar-refractivity contribution in [1.82, 2.24) is 9.97 Å². The van der Waals surface area contributed by atoms with Gasteiger partial charge in [0.15, 0.2) is 0 Å². The molecule has 0 aliphatic heterocycles. The maximum atomic E-state index is 13.2. The quantitative estimate of drug-likeness (QED) is 0.818. The molecule has 2 rings (SSSR count). The van der Waals surface area contributed by atoms with E-state index in [4.69, 9.17) is 17.3 Å². The van der Waals surface area contributed by atoms with Crippen LogP contribution in [0.1, 0.15) is 5.82 Å². The second kappa shape index (κ2) is 4.65. The molecule has 0 aliphatic carbocycles. The average Bonchev–Trinajstić information content (AvgIpc) is 2.25. The van der Waals surface area contributed by atoms with Gasteiger partial charge >= 0.3 is 6.18 Å². The van der Waals surface area contributed by atoms with Crippen LogP contribution in [0.4, 0.5) is 23.4 Å². The first-order valence-corrected chi connectivity index (χ1v) is 5.32. The Kier molecular flexibility index (Phi) is 3.32. The van der Waals surface area contributed by atoms with E-state index in [9.17, 15) is 17.6 Å². The summed E-state index contributed by atoms with van der Waals surface area (Å²) in [5, 5.41) is 0.0424. The van der Waals surface area contributed by atoms with Gasteiger partial charge in [0.1, 0.15) is 11.6 Å². The third-order valence-corrected chi connectivity index (χ3v) is 2.38. The van der Waals surface area contributed by atoms with Crippen LogP contribution in [-0.4, -0.2) is 9.97 Å². The molecular weight excluding hydrogens is 286 g/mol. The van der Waals surface area contributed by atoms with Gasteiger partial charge in [0, 0.05) is 16.7 Å². The van der Waals surface area contributed by atoms with Gasteiger partial charge < -0.3 is 5.73 Å². The number of hydrogen-bond acceptors (Lipinski definition) is 3. The number of halogens is 5. The van der Waals surface area contributed by atoms with Gasteiger partial charge in [-0.3, -0.25) is 0 Å². The molecule has 0 unspecified atom stereocenters. The Balaban J connectivity index is 2.59. The molecule has 0 fully saturated rings. The van der Waals surface area contributed by atoms with Crippen LogP contribution in [0.15, 0.2) is 24.3 Å². The Labute approximate surface area is 110 Å². The highest BCUT2D eigenvalue weighted by Gasteiger charge is 2.35. The number of hydrogen-bond donors (Lipinski definition) is 1. The van der Waals surface area contributed by atoms with Crippen LogP contribution in [0, 0.1) is 5.82 Å². The van der Waals surface area contributed by atoms with Crippen molar-refractivity contribution in [3.8, 4) is 11.3 Å². The van der Waals surface area contributed by atoms with Crippen LogP contribution in [0.5, 0.6) is 0 Å². The highest BCUT2D eigenvalue weighted by Crippen LogP contribution is 2.30. The summed E-state index contributed by atoms with van der Waals surface area (Å²) in [6.07, 6.45) is -4.73. The third kappa shape index (κ3) is 3.11. The van der Waals surface area contributed by atoms with E-state index in [1.165, 1.54) is 6.07 Å². The largest absolute Gasteiger partial charge is 0.451 e. The molecule has 3 nitrogen and oxygen atoms in total. The molecule has 19 heavy (non-hydrogen) atoms. The highest BCUT2D eigenvalue weighted by molar-refractivity contribution is 6.30. The van der Waals surface area contributed by atoms with Crippen molar-refractivity contribution in [2.45, 2.75) is 6.18 Å². The first-order valence-electron chi connectivity index (χ1n) is 4.94. The van der Waals surface area contributed by atoms with Crippen LogP contribution in [0.25, 0.3) is 11.3 Å². The fourth-order valence-corrected chi connectivity index (χ4v) is 1.66. The normalized spacial score (nSPS) is 11.6. The molecule has 0 aliphatic rings. The van der Waals surface area contributed by atoms with E-state index in [1.54, 1.807) is 0 Å². The van der Waals surface area contributed by atoms with Crippen molar-refractivity contribution in [3.63, 3.8) is 0 Å². The minimum atomic E-state index is -4.73. The summed E-state index contributed by atoms with van der Waals surface area (Å²) in [7, 11) is 0. The summed E-state index contributed by atoms with van der Waals surface area (Å²) >= 11 is 5.63. The highest BCUT2D eigenvalue weighted by atomic mass is 35.5. The first-order chi connectivity index (χ1) is 8.75.